The Labute approximate surface area is 130 Å². The fourth-order valence-corrected chi connectivity index (χ4v) is 2.65. The smallest absolute Gasteiger partial charge is 0.265 e. The van der Waals surface area contributed by atoms with Gasteiger partial charge in [0.1, 0.15) is 5.75 Å². The Morgan fingerprint density at radius 1 is 1.30 bits per heavy atom. The van der Waals surface area contributed by atoms with Gasteiger partial charge in [0.25, 0.3) is 5.91 Å². The number of hydrogen-bond donors (Lipinski definition) is 1. The summed E-state index contributed by atoms with van der Waals surface area (Å²) in [6.07, 6.45) is 0.0819. The molecule has 1 atom stereocenters. The number of carbonyl (C=O) groups excluding carboxylic acids is 1. The topological polar surface area (TPSA) is 38.3 Å². The van der Waals surface area contributed by atoms with Gasteiger partial charge in [-0.15, -0.1) is 0 Å². The molecule has 0 aromatic heterocycles. The third kappa shape index (κ3) is 2.67. The van der Waals surface area contributed by atoms with Crippen LogP contribution in [0.5, 0.6) is 5.75 Å². The molecule has 3 nitrogen and oxygen atoms in total. The van der Waals surface area contributed by atoms with Gasteiger partial charge in [-0.25, -0.2) is 0 Å². The maximum atomic E-state index is 12.2. The Hall–Kier alpha value is -1.52. The van der Waals surface area contributed by atoms with Crippen LogP contribution in [0, 0.1) is 0 Å². The van der Waals surface area contributed by atoms with Gasteiger partial charge in [-0.1, -0.05) is 29.8 Å². The molecule has 5 heteroatoms. The summed E-state index contributed by atoms with van der Waals surface area (Å²) in [5.41, 5.74) is 1.69. The van der Waals surface area contributed by atoms with Crippen LogP contribution < -0.4 is 10.1 Å². The third-order valence-electron chi connectivity index (χ3n) is 3.13. The zero-order chi connectivity index (χ0) is 14.1. The van der Waals surface area contributed by atoms with Crippen molar-refractivity contribution < 1.29 is 9.53 Å². The Morgan fingerprint density at radius 2 is 2.10 bits per heavy atom. The molecule has 2 aromatic carbocycles. The van der Waals surface area contributed by atoms with Crippen LogP contribution in [0.15, 0.2) is 46.9 Å². The van der Waals surface area contributed by atoms with E-state index in [0.29, 0.717) is 17.1 Å². The number of ether oxygens (including phenoxy) is 1. The van der Waals surface area contributed by atoms with Crippen LogP contribution in [0.4, 0.5) is 5.69 Å². The molecule has 1 unspecified atom stereocenters. The minimum absolute atomic E-state index is 0.177. The van der Waals surface area contributed by atoms with E-state index in [-0.39, 0.29) is 5.91 Å². The lowest BCUT2D eigenvalue weighted by molar-refractivity contribution is -0.122. The molecule has 0 bridgehead atoms. The summed E-state index contributed by atoms with van der Waals surface area (Å²) in [5, 5.41) is 3.40. The molecule has 1 N–H and O–H groups in total. The standard InChI is InChI=1S/C15H11BrClNO2/c16-11-6-5-10(17)8-12(11)18-15(19)14-7-9-3-1-2-4-13(9)20-14/h1-6,8,14H,7H2,(H,18,19). The predicted molar refractivity (Wildman–Crippen MR) is 82.3 cm³/mol. The van der Waals surface area contributed by atoms with Crippen LogP contribution >= 0.6 is 27.5 Å². The van der Waals surface area contributed by atoms with Gasteiger partial charge < -0.3 is 10.1 Å². The molecule has 0 spiro atoms. The van der Waals surface area contributed by atoms with Crippen molar-refractivity contribution in [1.82, 2.24) is 0 Å². The summed E-state index contributed by atoms with van der Waals surface area (Å²) in [6.45, 7) is 0. The fraction of sp³-hybridized carbons (Fsp3) is 0.133. The number of anilines is 1. The summed E-state index contributed by atoms with van der Waals surface area (Å²) < 4.78 is 6.43. The number of nitrogens with one attached hydrogen (secondary N) is 1. The lowest BCUT2D eigenvalue weighted by atomic mass is 10.1. The predicted octanol–water partition coefficient (Wildman–Crippen LogP) is 4.04. The normalized spacial score (nSPS) is 16.4. The van der Waals surface area contributed by atoms with Crippen LogP contribution in [0.3, 0.4) is 0 Å². The van der Waals surface area contributed by atoms with Crippen molar-refractivity contribution in [2.24, 2.45) is 0 Å². The van der Waals surface area contributed by atoms with Gasteiger partial charge in [0, 0.05) is 15.9 Å². The van der Waals surface area contributed by atoms with Gasteiger partial charge >= 0.3 is 0 Å². The summed E-state index contributed by atoms with van der Waals surface area (Å²) in [7, 11) is 0. The number of para-hydroxylation sites is 1. The maximum absolute atomic E-state index is 12.2. The van der Waals surface area contributed by atoms with Gasteiger partial charge in [-0.05, 0) is 45.8 Å². The van der Waals surface area contributed by atoms with Crippen LogP contribution in [0.1, 0.15) is 5.56 Å². The van der Waals surface area contributed by atoms with Gasteiger partial charge in [-0.3, -0.25) is 4.79 Å². The molecule has 0 radical (unpaired) electrons. The number of halogens is 2. The number of fused-ring (bicyclic) bond motifs is 1. The highest BCUT2D eigenvalue weighted by molar-refractivity contribution is 9.10. The Balaban J connectivity index is 1.74. The number of amides is 1. The quantitative estimate of drug-likeness (QED) is 0.885. The first-order valence-corrected chi connectivity index (χ1v) is 7.31. The summed E-state index contributed by atoms with van der Waals surface area (Å²) in [4.78, 5) is 12.2. The van der Waals surface area contributed by atoms with Gasteiger partial charge in [0.05, 0.1) is 5.69 Å². The zero-order valence-corrected chi connectivity index (χ0v) is 12.7. The second-order valence-electron chi connectivity index (χ2n) is 4.53. The van der Waals surface area contributed by atoms with Crippen LogP contribution in [-0.2, 0) is 11.2 Å². The zero-order valence-electron chi connectivity index (χ0n) is 10.4. The van der Waals surface area contributed by atoms with Crippen molar-refractivity contribution in [2.45, 2.75) is 12.5 Å². The molecule has 102 valence electrons. The van der Waals surface area contributed by atoms with Crippen molar-refractivity contribution in [2.75, 3.05) is 5.32 Å². The molecule has 0 saturated carbocycles. The van der Waals surface area contributed by atoms with Crippen LogP contribution in [-0.4, -0.2) is 12.0 Å². The van der Waals surface area contributed by atoms with E-state index in [2.05, 4.69) is 21.2 Å². The monoisotopic (exact) mass is 351 g/mol. The first-order valence-electron chi connectivity index (χ1n) is 6.14. The highest BCUT2D eigenvalue weighted by Crippen LogP contribution is 2.30. The van der Waals surface area contributed by atoms with Crippen molar-refractivity contribution in [3.05, 3.63) is 57.5 Å². The minimum atomic E-state index is -0.502. The molecule has 20 heavy (non-hydrogen) atoms. The molecule has 3 rings (SSSR count). The van der Waals surface area contributed by atoms with E-state index in [9.17, 15) is 4.79 Å². The van der Waals surface area contributed by atoms with E-state index in [1.807, 2.05) is 24.3 Å². The van der Waals surface area contributed by atoms with E-state index in [4.69, 9.17) is 16.3 Å². The second kappa shape index (κ2) is 5.46. The second-order valence-corrected chi connectivity index (χ2v) is 5.82. The van der Waals surface area contributed by atoms with Gasteiger partial charge in [-0.2, -0.15) is 0 Å². The summed E-state index contributed by atoms with van der Waals surface area (Å²) in [5.74, 6) is 0.599. The molecule has 2 aromatic rings. The Kier molecular flexibility index (Phi) is 3.68. The van der Waals surface area contributed by atoms with Crippen molar-refractivity contribution in [1.29, 1.82) is 0 Å². The fourth-order valence-electron chi connectivity index (χ4n) is 2.13. The van der Waals surface area contributed by atoms with E-state index in [1.165, 1.54) is 0 Å². The highest BCUT2D eigenvalue weighted by atomic mass is 79.9. The van der Waals surface area contributed by atoms with Crippen molar-refractivity contribution in [3.8, 4) is 5.75 Å². The molecule has 0 fully saturated rings. The number of hydrogen-bond acceptors (Lipinski definition) is 2. The molecule has 1 heterocycles. The number of benzene rings is 2. The minimum Gasteiger partial charge on any atom is -0.480 e. The molecule has 1 amide bonds. The largest absolute Gasteiger partial charge is 0.480 e. The maximum Gasteiger partial charge on any atom is 0.265 e. The average molecular weight is 353 g/mol. The average Bonchev–Trinajstić information content (AvgIpc) is 2.87. The van der Waals surface area contributed by atoms with Crippen molar-refractivity contribution in [3.63, 3.8) is 0 Å². The summed E-state index contributed by atoms with van der Waals surface area (Å²) >= 11 is 9.31. The lowest BCUT2D eigenvalue weighted by Crippen LogP contribution is -2.31. The highest BCUT2D eigenvalue weighted by Gasteiger charge is 2.29. The van der Waals surface area contributed by atoms with Crippen LogP contribution in [0.25, 0.3) is 0 Å². The number of carbonyl (C=O) groups is 1. The Morgan fingerprint density at radius 3 is 2.90 bits per heavy atom. The van der Waals surface area contributed by atoms with E-state index in [1.54, 1.807) is 18.2 Å². The summed E-state index contributed by atoms with van der Waals surface area (Å²) in [6, 6.07) is 12.9. The lowest BCUT2D eigenvalue weighted by Gasteiger charge is -2.12. The van der Waals surface area contributed by atoms with E-state index in [0.717, 1.165) is 15.8 Å². The first-order chi connectivity index (χ1) is 9.63. The van der Waals surface area contributed by atoms with Gasteiger partial charge in [0.2, 0.25) is 0 Å². The molecular formula is C15H11BrClNO2. The molecule has 0 aliphatic carbocycles. The first kappa shape index (κ1) is 13.5. The van der Waals surface area contributed by atoms with Gasteiger partial charge in [0.15, 0.2) is 6.10 Å². The number of rotatable bonds is 2. The molecule has 1 aliphatic rings. The SMILES string of the molecule is O=C(Nc1cc(Cl)ccc1Br)C1Cc2ccccc2O1. The third-order valence-corrected chi connectivity index (χ3v) is 4.05. The van der Waals surface area contributed by atoms with E-state index >= 15 is 0 Å². The molecule has 1 aliphatic heterocycles. The molecule has 0 saturated heterocycles. The van der Waals surface area contributed by atoms with E-state index < -0.39 is 6.10 Å². The molecular weight excluding hydrogens is 342 g/mol. The van der Waals surface area contributed by atoms with Crippen molar-refractivity contribution >= 4 is 39.1 Å². The van der Waals surface area contributed by atoms with Crippen LogP contribution in [0.2, 0.25) is 5.02 Å². The Bertz CT molecular complexity index is 650.